The number of amides is 1. The Morgan fingerprint density at radius 1 is 0.933 bits per heavy atom. The number of hydrogen-bond acceptors (Lipinski definition) is 6. The molecule has 2 aromatic carbocycles. The van der Waals surface area contributed by atoms with Crippen molar-refractivity contribution in [3.8, 4) is 11.5 Å². The predicted octanol–water partition coefficient (Wildman–Crippen LogP) is 3.01. The predicted molar refractivity (Wildman–Crippen MR) is 108 cm³/mol. The van der Waals surface area contributed by atoms with Crippen LogP contribution in [0.5, 0.6) is 11.5 Å². The molecule has 1 amide bonds. The number of carbonyl (C=O) groups is 3. The van der Waals surface area contributed by atoms with Crippen molar-refractivity contribution in [2.24, 2.45) is 0 Å². The molecule has 0 aromatic heterocycles. The SMILES string of the molecule is O=C(COC(=O)c1ccc(CN2CCCC2=O)cc1)c1ccc2c(c1)OCCCO2. The molecule has 2 aliphatic rings. The number of ketones is 1. The summed E-state index contributed by atoms with van der Waals surface area (Å²) in [7, 11) is 0. The molecule has 0 saturated carbocycles. The number of benzene rings is 2. The standard InChI is InChI=1S/C23H23NO6/c25-19(18-8-9-20-21(13-18)29-12-2-11-28-20)15-30-23(27)17-6-4-16(5-7-17)14-24-10-1-3-22(24)26/h4-9,13H,1-3,10-12,14-15H2. The van der Waals surface area contributed by atoms with Crippen LogP contribution in [-0.4, -0.2) is 48.9 Å². The number of carbonyl (C=O) groups excluding carboxylic acids is 3. The zero-order chi connectivity index (χ0) is 20.9. The van der Waals surface area contributed by atoms with Gasteiger partial charge in [0.15, 0.2) is 23.9 Å². The van der Waals surface area contributed by atoms with Crippen molar-refractivity contribution in [1.82, 2.24) is 4.90 Å². The van der Waals surface area contributed by atoms with E-state index in [9.17, 15) is 14.4 Å². The summed E-state index contributed by atoms with van der Waals surface area (Å²) < 4.78 is 16.3. The Kier molecular flexibility index (Phi) is 5.97. The molecule has 156 valence electrons. The normalized spacial score (nSPS) is 15.6. The van der Waals surface area contributed by atoms with E-state index in [0.29, 0.717) is 48.8 Å². The molecule has 0 bridgehead atoms. The average molecular weight is 409 g/mol. The zero-order valence-electron chi connectivity index (χ0n) is 16.6. The van der Waals surface area contributed by atoms with Gasteiger partial charge in [-0.25, -0.2) is 4.79 Å². The molecule has 1 saturated heterocycles. The van der Waals surface area contributed by atoms with Crippen molar-refractivity contribution in [3.05, 3.63) is 59.2 Å². The highest BCUT2D eigenvalue weighted by Gasteiger charge is 2.20. The van der Waals surface area contributed by atoms with Crippen LogP contribution in [0.25, 0.3) is 0 Å². The smallest absolute Gasteiger partial charge is 0.338 e. The third-order valence-electron chi connectivity index (χ3n) is 5.14. The van der Waals surface area contributed by atoms with Gasteiger partial charge in [-0.15, -0.1) is 0 Å². The molecule has 0 spiro atoms. The molecule has 0 radical (unpaired) electrons. The third-order valence-corrected chi connectivity index (χ3v) is 5.14. The summed E-state index contributed by atoms with van der Waals surface area (Å²) in [5, 5.41) is 0. The maximum Gasteiger partial charge on any atom is 0.338 e. The second-order valence-electron chi connectivity index (χ2n) is 7.33. The number of hydrogen-bond donors (Lipinski definition) is 0. The highest BCUT2D eigenvalue weighted by molar-refractivity contribution is 5.99. The molecule has 30 heavy (non-hydrogen) atoms. The quantitative estimate of drug-likeness (QED) is 0.539. The minimum Gasteiger partial charge on any atom is -0.490 e. The van der Waals surface area contributed by atoms with Gasteiger partial charge in [-0.1, -0.05) is 12.1 Å². The highest BCUT2D eigenvalue weighted by atomic mass is 16.5. The Balaban J connectivity index is 1.32. The second kappa shape index (κ2) is 8.98. The Labute approximate surface area is 174 Å². The topological polar surface area (TPSA) is 82.1 Å². The van der Waals surface area contributed by atoms with Gasteiger partial charge in [0.05, 0.1) is 18.8 Å². The van der Waals surface area contributed by atoms with E-state index in [1.54, 1.807) is 47.4 Å². The number of ether oxygens (including phenoxy) is 3. The van der Waals surface area contributed by atoms with E-state index in [0.717, 1.165) is 24.9 Å². The van der Waals surface area contributed by atoms with Gasteiger partial charge in [-0.05, 0) is 42.3 Å². The summed E-state index contributed by atoms with van der Waals surface area (Å²) in [6.07, 6.45) is 2.27. The lowest BCUT2D eigenvalue weighted by atomic mass is 10.1. The molecular weight excluding hydrogens is 386 g/mol. The van der Waals surface area contributed by atoms with Gasteiger partial charge >= 0.3 is 5.97 Å². The van der Waals surface area contributed by atoms with Crippen LogP contribution in [0.15, 0.2) is 42.5 Å². The lowest BCUT2D eigenvalue weighted by molar-refractivity contribution is -0.128. The monoisotopic (exact) mass is 409 g/mol. The third kappa shape index (κ3) is 4.62. The van der Waals surface area contributed by atoms with E-state index in [4.69, 9.17) is 14.2 Å². The number of nitrogens with zero attached hydrogens (tertiary/aromatic N) is 1. The molecule has 2 heterocycles. The average Bonchev–Trinajstić information content (AvgIpc) is 3.02. The van der Waals surface area contributed by atoms with E-state index >= 15 is 0 Å². The first-order chi connectivity index (χ1) is 14.6. The van der Waals surface area contributed by atoms with Crippen molar-refractivity contribution in [3.63, 3.8) is 0 Å². The van der Waals surface area contributed by atoms with Crippen LogP contribution in [0.4, 0.5) is 0 Å². The fraction of sp³-hybridized carbons (Fsp3) is 0.348. The van der Waals surface area contributed by atoms with Gasteiger partial charge in [-0.3, -0.25) is 9.59 Å². The molecule has 2 aliphatic heterocycles. The van der Waals surface area contributed by atoms with Crippen LogP contribution in [0, 0.1) is 0 Å². The maximum atomic E-state index is 12.4. The van der Waals surface area contributed by atoms with Gasteiger partial charge in [0.25, 0.3) is 0 Å². The van der Waals surface area contributed by atoms with E-state index in [1.165, 1.54) is 0 Å². The van der Waals surface area contributed by atoms with E-state index in [1.807, 2.05) is 0 Å². The van der Waals surface area contributed by atoms with E-state index in [-0.39, 0.29) is 18.3 Å². The van der Waals surface area contributed by atoms with Gasteiger partial charge in [0.2, 0.25) is 5.91 Å². The minimum absolute atomic E-state index is 0.159. The first-order valence-electron chi connectivity index (χ1n) is 10.1. The fourth-order valence-electron chi connectivity index (χ4n) is 3.47. The van der Waals surface area contributed by atoms with Gasteiger partial charge in [0.1, 0.15) is 0 Å². The van der Waals surface area contributed by atoms with Crippen LogP contribution in [0.2, 0.25) is 0 Å². The first kappa shape index (κ1) is 19.9. The van der Waals surface area contributed by atoms with Gasteiger partial charge in [0, 0.05) is 31.5 Å². The number of rotatable bonds is 6. The van der Waals surface area contributed by atoms with Gasteiger partial charge in [-0.2, -0.15) is 0 Å². The molecule has 4 rings (SSSR count). The number of fused-ring (bicyclic) bond motifs is 1. The van der Waals surface area contributed by atoms with Crippen molar-refractivity contribution in [2.45, 2.75) is 25.8 Å². The summed E-state index contributed by atoms with van der Waals surface area (Å²) in [5.74, 6) is 0.407. The summed E-state index contributed by atoms with van der Waals surface area (Å²) in [5.41, 5.74) is 1.71. The first-order valence-corrected chi connectivity index (χ1v) is 10.1. The number of esters is 1. The van der Waals surface area contributed by atoms with E-state index < -0.39 is 5.97 Å². The highest BCUT2D eigenvalue weighted by Crippen LogP contribution is 2.30. The summed E-state index contributed by atoms with van der Waals surface area (Å²) in [6, 6.07) is 11.8. The van der Waals surface area contributed by atoms with Crippen molar-refractivity contribution < 1.29 is 28.6 Å². The largest absolute Gasteiger partial charge is 0.490 e. The molecule has 1 fully saturated rings. The van der Waals surface area contributed by atoms with Crippen molar-refractivity contribution in [1.29, 1.82) is 0 Å². The summed E-state index contributed by atoms with van der Waals surface area (Å²) >= 11 is 0. The Morgan fingerprint density at radius 3 is 2.40 bits per heavy atom. The molecule has 2 aromatic rings. The molecular formula is C23H23NO6. The Bertz CT molecular complexity index is 953. The van der Waals surface area contributed by atoms with Gasteiger partial charge < -0.3 is 19.1 Å². The molecule has 7 nitrogen and oxygen atoms in total. The summed E-state index contributed by atoms with van der Waals surface area (Å²) in [6.45, 7) is 2.05. The second-order valence-corrected chi connectivity index (χ2v) is 7.33. The fourth-order valence-corrected chi connectivity index (χ4v) is 3.47. The Morgan fingerprint density at radius 2 is 1.67 bits per heavy atom. The van der Waals surface area contributed by atoms with E-state index in [2.05, 4.69) is 0 Å². The lowest BCUT2D eigenvalue weighted by Crippen LogP contribution is -2.23. The summed E-state index contributed by atoms with van der Waals surface area (Å²) in [4.78, 5) is 38.2. The molecule has 0 N–H and O–H groups in total. The zero-order valence-corrected chi connectivity index (χ0v) is 16.6. The minimum atomic E-state index is -0.568. The lowest BCUT2D eigenvalue weighted by Gasteiger charge is -2.15. The Hall–Kier alpha value is -3.35. The van der Waals surface area contributed by atoms with Crippen LogP contribution in [-0.2, 0) is 16.1 Å². The van der Waals surface area contributed by atoms with Crippen LogP contribution < -0.4 is 9.47 Å². The van der Waals surface area contributed by atoms with Crippen LogP contribution in [0.1, 0.15) is 45.5 Å². The maximum absolute atomic E-state index is 12.4. The van der Waals surface area contributed by atoms with Crippen LogP contribution in [0.3, 0.4) is 0 Å². The number of Topliss-reactive ketones (excluding diaryl/α,β-unsaturated/α-hetero) is 1. The van der Waals surface area contributed by atoms with Crippen molar-refractivity contribution in [2.75, 3.05) is 26.4 Å². The van der Waals surface area contributed by atoms with Crippen LogP contribution >= 0.6 is 0 Å². The van der Waals surface area contributed by atoms with Crippen molar-refractivity contribution >= 4 is 17.7 Å². The number of likely N-dealkylation sites (tertiary alicyclic amines) is 1. The molecule has 0 aliphatic carbocycles. The molecule has 7 heteroatoms. The molecule has 0 unspecified atom stereocenters. The molecule has 0 atom stereocenters.